The molecule has 16 heavy (non-hydrogen) atoms. The maximum Gasteiger partial charge on any atom is 0.337 e. The van der Waals surface area contributed by atoms with Gasteiger partial charge < -0.3 is 5.11 Å². The molecule has 0 amide bonds. The average Bonchev–Trinajstić information content (AvgIpc) is 2.30. The third-order valence-electron chi connectivity index (χ3n) is 2.28. The number of carboxylic acid groups (broad SMARTS) is 1. The average molecular weight is 214 g/mol. The predicted octanol–water partition coefficient (Wildman–Crippen LogP) is 2.15. The van der Waals surface area contributed by atoms with Gasteiger partial charge in [-0.15, -0.1) is 0 Å². The summed E-state index contributed by atoms with van der Waals surface area (Å²) >= 11 is 0. The molecule has 0 radical (unpaired) electrons. The van der Waals surface area contributed by atoms with E-state index in [4.69, 9.17) is 5.11 Å². The Hall–Kier alpha value is -2.23. The third-order valence-corrected chi connectivity index (χ3v) is 2.28. The molecule has 1 aromatic heterocycles. The first-order valence-corrected chi connectivity index (χ1v) is 4.81. The van der Waals surface area contributed by atoms with Gasteiger partial charge in [0.25, 0.3) is 0 Å². The summed E-state index contributed by atoms with van der Waals surface area (Å²) in [6.07, 6.45) is 0. The smallest absolute Gasteiger partial charge is 0.337 e. The molecule has 2 rings (SSSR count). The number of carboxylic acids is 1. The molecular formula is C12H10N2O2. The molecule has 0 aliphatic heterocycles. The predicted molar refractivity (Wildman–Crippen MR) is 59.2 cm³/mol. The molecule has 0 aliphatic carbocycles. The van der Waals surface area contributed by atoms with E-state index in [-0.39, 0.29) is 5.56 Å². The highest BCUT2D eigenvalue weighted by Gasteiger charge is 2.10. The number of aromatic carboxylic acids is 1. The SMILES string of the molecule is Cc1nnc(-c2ccccc2)cc1C(=O)O. The highest BCUT2D eigenvalue weighted by molar-refractivity contribution is 5.89. The fourth-order valence-corrected chi connectivity index (χ4v) is 1.42. The van der Waals surface area contributed by atoms with Gasteiger partial charge in [0.1, 0.15) is 0 Å². The number of aryl methyl sites for hydroxylation is 1. The molecule has 0 unspecified atom stereocenters. The molecule has 2 aromatic rings. The molecule has 0 bridgehead atoms. The van der Waals surface area contributed by atoms with E-state index in [1.165, 1.54) is 0 Å². The molecule has 4 nitrogen and oxygen atoms in total. The summed E-state index contributed by atoms with van der Waals surface area (Å²) in [6, 6.07) is 10.9. The first kappa shape index (κ1) is 10.3. The number of hydrogen-bond acceptors (Lipinski definition) is 3. The highest BCUT2D eigenvalue weighted by atomic mass is 16.4. The van der Waals surface area contributed by atoms with Crippen molar-refractivity contribution in [3.63, 3.8) is 0 Å². The van der Waals surface area contributed by atoms with Crippen LogP contribution in [0.25, 0.3) is 11.3 Å². The van der Waals surface area contributed by atoms with Crippen LogP contribution in [0.15, 0.2) is 36.4 Å². The first-order chi connectivity index (χ1) is 7.68. The van der Waals surface area contributed by atoms with Crippen molar-refractivity contribution in [3.05, 3.63) is 47.7 Å². The third kappa shape index (κ3) is 1.91. The molecule has 80 valence electrons. The van der Waals surface area contributed by atoms with Crippen LogP contribution >= 0.6 is 0 Å². The Labute approximate surface area is 92.6 Å². The molecule has 0 atom stereocenters. The van der Waals surface area contributed by atoms with Gasteiger partial charge in [-0.1, -0.05) is 30.3 Å². The lowest BCUT2D eigenvalue weighted by atomic mass is 10.1. The van der Waals surface area contributed by atoms with Gasteiger partial charge in [0.2, 0.25) is 0 Å². The van der Waals surface area contributed by atoms with Crippen molar-refractivity contribution in [3.8, 4) is 11.3 Å². The summed E-state index contributed by atoms with van der Waals surface area (Å²) in [7, 11) is 0. The Kier molecular flexibility index (Phi) is 2.64. The zero-order valence-electron chi connectivity index (χ0n) is 8.71. The lowest BCUT2D eigenvalue weighted by molar-refractivity contribution is 0.0695. The Morgan fingerprint density at radius 2 is 1.88 bits per heavy atom. The second-order valence-electron chi connectivity index (χ2n) is 3.40. The standard InChI is InChI=1S/C12H10N2O2/c1-8-10(12(15)16)7-11(14-13-8)9-5-3-2-4-6-9/h2-7H,1H3,(H,15,16). The van der Waals surface area contributed by atoms with Crippen LogP contribution < -0.4 is 0 Å². The second kappa shape index (κ2) is 4.10. The van der Waals surface area contributed by atoms with Crippen LogP contribution in [0.3, 0.4) is 0 Å². The molecule has 0 spiro atoms. The van der Waals surface area contributed by atoms with Gasteiger partial charge in [0.15, 0.2) is 0 Å². The molecule has 4 heteroatoms. The number of carbonyl (C=O) groups is 1. The second-order valence-corrected chi connectivity index (χ2v) is 3.40. The number of aromatic nitrogens is 2. The minimum atomic E-state index is -0.982. The Morgan fingerprint density at radius 3 is 2.50 bits per heavy atom. The van der Waals surface area contributed by atoms with Crippen molar-refractivity contribution in [2.24, 2.45) is 0 Å². The van der Waals surface area contributed by atoms with E-state index in [0.29, 0.717) is 11.4 Å². The van der Waals surface area contributed by atoms with Crippen molar-refractivity contribution < 1.29 is 9.90 Å². The van der Waals surface area contributed by atoms with Crippen LogP contribution in [0.1, 0.15) is 16.1 Å². The topological polar surface area (TPSA) is 63.1 Å². The minimum absolute atomic E-state index is 0.189. The molecule has 0 saturated carbocycles. The lowest BCUT2D eigenvalue weighted by Gasteiger charge is -2.03. The molecule has 0 saturated heterocycles. The minimum Gasteiger partial charge on any atom is -0.478 e. The largest absolute Gasteiger partial charge is 0.478 e. The van der Waals surface area contributed by atoms with Crippen molar-refractivity contribution in [1.82, 2.24) is 10.2 Å². The molecule has 1 N–H and O–H groups in total. The first-order valence-electron chi connectivity index (χ1n) is 4.81. The van der Waals surface area contributed by atoms with Crippen LogP contribution in [0, 0.1) is 6.92 Å². The summed E-state index contributed by atoms with van der Waals surface area (Å²) < 4.78 is 0. The van der Waals surface area contributed by atoms with E-state index < -0.39 is 5.97 Å². The van der Waals surface area contributed by atoms with Gasteiger partial charge in [-0.25, -0.2) is 4.79 Å². The number of benzene rings is 1. The van der Waals surface area contributed by atoms with Crippen molar-refractivity contribution in [2.75, 3.05) is 0 Å². The lowest BCUT2D eigenvalue weighted by Crippen LogP contribution is -2.04. The fourth-order valence-electron chi connectivity index (χ4n) is 1.42. The van der Waals surface area contributed by atoms with E-state index in [0.717, 1.165) is 5.56 Å². The Bertz CT molecular complexity index is 524. The van der Waals surface area contributed by atoms with Gasteiger partial charge >= 0.3 is 5.97 Å². The van der Waals surface area contributed by atoms with Gasteiger partial charge in [-0.3, -0.25) is 0 Å². The fraction of sp³-hybridized carbons (Fsp3) is 0.0833. The summed E-state index contributed by atoms with van der Waals surface area (Å²) in [5.41, 5.74) is 2.04. The zero-order chi connectivity index (χ0) is 11.5. The van der Waals surface area contributed by atoms with E-state index in [1.807, 2.05) is 30.3 Å². The quantitative estimate of drug-likeness (QED) is 0.831. The normalized spacial score (nSPS) is 10.1. The maximum absolute atomic E-state index is 10.9. The summed E-state index contributed by atoms with van der Waals surface area (Å²) in [6.45, 7) is 1.63. The van der Waals surface area contributed by atoms with Gasteiger partial charge in [0, 0.05) is 5.56 Å². The van der Waals surface area contributed by atoms with Crippen molar-refractivity contribution >= 4 is 5.97 Å². The van der Waals surface area contributed by atoms with Crippen molar-refractivity contribution in [2.45, 2.75) is 6.92 Å². The van der Waals surface area contributed by atoms with Crippen LogP contribution in [0.4, 0.5) is 0 Å². The molecule has 1 aromatic carbocycles. The summed E-state index contributed by atoms with van der Waals surface area (Å²) in [5.74, 6) is -0.982. The van der Waals surface area contributed by atoms with E-state index in [9.17, 15) is 4.79 Å². The van der Waals surface area contributed by atoms with E-state index in [2.05, 4.69) is 10.2 Å². The molecular weight excluding hydrogens is 204 g/mol. The van der Waals surface area contributed by atoms with Gasteiger partial charge in [-0.05, 0) is 13.0 Å². The van der Waals surface area contributed by atoms with E-state index in [1.54, 1.807) is 13.0 Å². The van der Waals surface area contributed by atoms with Gasteiger partial charge in [-0.2, -0.15) is 10.2 Å². The maximum atomic E-state index is 10.9. The monoisotopic (exact) mass is 214 g/mol. The van der Waals surface area contributed by atoms with Crippen LogP contribution in [-0.2, 0) is 0 Å². The van der Waals surface area contributed by atoms with Crippen LogP contribution in [-0.4, -0.2) is 21.3 Å². The number of nitrogens with zero attached hydrogens (tertiary/aromatic N) is 2. The van der Waals surface area contributed by atoms with E-state index >= 15 is 0 Å². The van der Waals surface area contributed by atoms with Crippen molar-refractivity contribution in [1.29, 1.82) is 0 Å². The highest BCUT2D eigenvalue weighted by Crippen LogP contribution is 2.17. The van der Waals surface area contributed by atoms with Crippen LogP contribution in [0.5, 0.6) is 0 Å². The number of rotatable bonds is 2. The Balaban J connectivity index is 2.52. The van der Waals surface area contributed by atoms with Crippen LogP contribution in [0.2, 0.25) is 0 Å². The molecule has 1 heterocycles. The molecule has 0 aliphatic rings. The zero-order valence-corrected chi connectivity index (χ0v) is 8.71. The Morgan fingerprint density at radius 1 is 1.19 bits per heavy atom. The summed E-state index contributed by atoms with van der Waals surface area (Å²) in [4.78, 5) is 10.9. The molecule has 0 fully saturated rings. The number of hydrogen-bond donors (Lipinski definition) is 1. The summed E-state index contributed by atoms with van der Waals surface area (Å²) in [5, 5.41) is 16.8. The van der Waals surface area contributed by atoms with Gasteiger partial charge in [0.05, 0.1) is 17.0 Å².